The standard InChI is InChI=1S/C10H6OS/c12-8-5-6-3-1-2-4-7(6)9-10(8)11-9/h1-5,12H. The van der Waals surface area contributed by atoms with Gasteiger partial charge in [0.25, 0.3) is 0 Å². The molecule has 0 aromatic heterocycles. The average Bonchev–Trinajstić information content (AvgIpc) is 2.84. The molecule has 2 aromatic carbocycles. The number of rotatable bonds is 0. The van der Waals surface area contributed by atoms with Gasteiger partial charge in [-0.15, -0.1) is 12.6 Å². The Kier molecular flexibility index (Phi) is 1.04. The van der Waals surface area contributed by atoms with E-state index in [0.29, 0.717) is 0 Å². The molecule has 2 heteroatoms. The second-order valence-corrected chi connectivity index (χ2v) is 3.36. The van der Waals surface area contributed by atoms with Crippen LogP contribution in [0.3, 0.4) is 0 Å². The summed E-state index contributed by atoms with van der Waals surface area (Å²) in [6.07, 6.45) is 0. The van der Waals surface area contributed by atoms with Gasteiger partial charge in [0.1, 0.15) is 0 Å². The summed E-state index contributed by atoms with van der Waals surface area (Å²) in [5.74, 6) is 1.94. The first-order chi connectivity index (χ1) is 5.86. The Morgan fingerprint density at radius 1 is 1.08 bits per heavy atom. The third kappa shape index (κ3) is 0.703. The van der Waals surface area contributed by atoms with Crippen LogP contribution in [0.1, 0.15) is 0 Å². The number of hydrogen-bond donors (Lipinski definition) is 1. The third-order valence-electron chi connectivity index (χ3n) is 2.10. The van der Waals surface area contributed by atoms with Gasteiger partial charge in [-0.1, -0.05) is 24.3 Å². The Labute approximate surface area is 75.4 Å². The van der Waals surface area contributed by atoms with E-state index in [-0.39, 0.29) is 0 Å². The zero-order valence-corrected chi connectivity index (χ0v) is 7.14. The fraction of sp³-hybridized carbons (Fsp3) is 0. The summed E-state index contributed by atoms with van der Waals surface area (Å²) in [5.41, 5.74) is 0. The molecule has 58 valence electrons. The molecule has 0 N–H and O–H groups in total. The average molecular weight is 174 g/mol. The van der Waals surface area contributed by atoms with Crippen LogP contribution in [0.25, 0.3) is 10.8 Å². The number of benzene rings is 2. The maximum atomic E-state index is 5.31. The van der Waals surface area contributed by atoms with Crippen LogP contribution in [-0.2, 0) is 0 Å². The molecular weight excluding hydrogens is 168 g/mol. The molecule has 1 nitrogen and oxygen atoms in total. The Morgan fingerprint density at radius 2 is 1.92 bits per heavy atom. The van der Waals surface area contributed by atoms with Gasteiger partial charge in [-0.25, -0.2) is 0 Å². The largest absolute Gasteiger partial charge is 0.448 e. The molecule has 0 unspecified atom stereocenters. The van der Waals surface area contributed by atoms with E-state index in [4.69, 9.17) is 4.74 Å². The zero-order valence-electron chi connectivity index (χ0n) is 6.24. The number of ether oxygens (including phenoxy) is 1. The van der Waals surface area contributed by atoms with Gasteiger partial charge in [0, 0.05) is 5.39 Å². The van der Waals surface area contributed by atoms with Crippen molar-refractivity contribution in [1.29, 1.82) is 0 Å². The summed E-state index contributed by atoms with van der Waals surface area (Å²) in [4.78, 5) is 0.934. The highest BCUT2D eigenvalue weighted by Gasteiger charge is 2.26. The highest BCUT2D eigenvalue weighted by atomic mass is 32.1. The lowest BCUT2D eigenvalue weighted by Crippen LogP contribution is -1.65. The van der Waals surface area contributed by atoms with Gasteiger partial charge in [-0.3, -0.25) is 0 Å². The van der Waals surface area contributed by atoms with E-state index in [1.807, 2.05) is 18.2 Å². The molecule has 1 aliphatic rings. The zero-order chi connectivity index (χ0) is 8.13. The van der Waals surface area contributed by atoms with Gasteiger partial charge in [0.2, 0.25) is 0 Å². The fourth-order valence-corrected chi connectivity index (χ4v) is 1.75. The van der Waals surface area contributed by atoms with Crippen molar-refractivity contribution in [2.75, 3.05) is 0 Å². The Morgan fingerprint density at radius 3 is 2.83 bits per heavy atom. The van der Waals surface area contributed by atoms with Gasteiger partial charge in [-0.05, 0) is 11.5 Å². The SMILES string of the molecule is Sc1cc2ccccc2c2c1O2. The van der Waals surface area contributed by atoms with Gasteiger partial charge in [-0.2, -0.15) is 0 Å². The summed E-state index contributed by atoms with van der Waals surface area (Å²) in [6, 6.07) is 10.2. The van der Waals surface area contributed by atoms with E-state index in [2.05, 4.69) is 24.8 Å². The molecule has 0 aliphatic carbocycles. The lowest BCUT2D eigenvalue weighted by molar-refractivity contribution is 0.644. The van der Waals surface area contributed by atoms with Gasteiger partial charge in [0.05, 0.1) is 4.90 Å². The van der Waals surface area contributed by atoms with Crippen molar-refractivity contribution in [3.63, 3.8) is 0 Å². The Hall–Kier alpha value is -1.15. The molecule has 0 bridgehead atoms. The molecule has 0 radical (unpaired) electrons. The van der Waals surface area contributed by atoms with Crippen molar-refractivity contribution < 1.29 is 4.74 Å². The van der Waals surface area contributed by atoms with Crippen LogP contribution >= 0.6 is 12.6 Å². The topological polar surface area (TPSA) is 12.5 Å². The molecule has 0 amide bonds. The van der Waals surface area contributed by atoms with Crippen LogP contribution in [0.4, 0.5) is 0 Å². The first-order valence-corrected chi connectivity index (χ1v) is 4.23. The smallest absolute Gasteiger partial charge is 0.184 e. The molecule has 0 fully saturated rings. The second kappa shape index (κ2) is 1.96. The van der Waals surface area contributed by atoms with Crippen LogP contribution in [0.2, 0.25) is 0 Å². The number of thiol groups is 1. The van der Waals surface area contributed by atoms with E-state index in [1.165, 1.54) is 10.8 Å². The molecule has 0 atom stereocenters. The number of hydrogen-bond acceptors (Lipinski definition) is 2. The summed E-state index contributed by atoms with van der Waals surface area (Å²) in [5, 5.41) is 2.38. The summed E-state index contributed by atoms with van der Waals surface area (Å²) < 4.78 is 5.31. The van der Waals surface area contributed by atoms with Crippen LogP contribution in [-0.4, -0.2) is 0 Å². The molecule has 0 saturated heterocycles. The molecule has 0 spiro atoms. The highest BCUT2D eigenvalue weighted by Crippen LogP contribution is 2.54. The predicted octanol–water partition coefficient (Wildman–Crippen LogP) is 3.23. The van der Waals surface area contributed by atoms with E-state index in [0.717, 1.165) is 16.4 Å². The van der Waals surface area contributed by atoms with E-state index < -0.39 is 0 Å². The lowest BCUT2D eigenvalue weighted by atomic mass is 10.1. The minimum atomic E-state index is 0.934. The van der Waals surface area contributed by atoms with Crippen molar-refractivity contribution >= 4 is 23.4 Å². The monoisotopic (exact) mass is 174 g/mol. The first kappa shape index (κ1) is 6.38. The maximum absolute atomic E-state index is 5.31. The van der Waals surface area contributed by atoms with Crippen molar-refractivity contribution in [2.45, 2.75) is 4.90 Å². The highest BCUT2D eigenvalue weighted by molar-refractivity contribution is 7.80. The van der Waals surface area contributed by atoms with Crippen molar-refractivity contribution in [1.82, 2.24) is 0 Å². The molecular formula is C10H6OS. The first-order valence-electron chi connectivity index (χ1n) is 3.79. The van der Waals surface area contributed by atoms with Crippen molar-refractivity contribution in [3.8, 4) is 11.5 Å². The summed E-state index contributed by atoms with van der Waals surface area (Å²) >= 11 is 4.30. The minimum Gasteiger partial charge on any atom is -0.448 e. The second-order valence-electron chi connectivity index (χ2n) is 2.88. The van der Waals surface area contributed by atoms with E-state index in [1.54, 1.807) is 0 Å². The molecule has 12 heavy (non-hydrogen) atoms. The predicted molar refractivity (Wildman–Crippen MR) is 51.3 cm³/mol. The van der Waals surface area contributed by atoms with E-state index in [9.17, 15) is 0 Å². The van der Waals surface area contributed by atoms with Crippen LogP contribution < -0.4 is 4.74 Å². The Bertz CT molecular complexity index is 476. The Balaban J connectivity index is 2.53. The lowest BCUT2D eigenvalue weighted by Gasteiger charge is -1.91. The van der Waals surface area contributed by atoms with Crippen molar-refractivity contribution in [2.24, 2.45) is 0 Å². The van der Waals surface area contributed by atoms with Crippen LogP contribution in [0, 0.1) is 0 Å². The summed E-state index contributed by atoms with van der Waals surface area (Å²) in [7, 11) is 0. The molecule has 0 saturated carbocycles. The summed E-state index contributed by atoms with van der Waals surface area (Å²) in [6.45, 7) is 0. The van der Waals surface area contributed by atoms with Crippen molar-refractivity contribution in [3.05, 3.63) is 30.3 Å². The van der Waals surface area contributed by atoms with Crippen LogP contribution in [0.15, 0.2) is 35.2 Å². The fourth-order valence-electron chi connectivity index (χ4n) is 1.46. The molecule has 3 rings (SSSR count). The molecule has 2 aromatic rings. The van der Waals surface area contributed by atoms with Gasteiger partial charge < -0.3 is 4.74 Å². The minimum absolute atomic E-state index is 0.934. The van der Waals surface area contributed by atoms with Gasteiger partial charge in [0.15, 0.2) is 11.5 Å². The molecule has 1 aliphatic heterocycles. The maximum Gasteiger partial charge on any atom is 0.184 e. The van der Waals surface area contributed by atoms with Gasteiger partial charge >= 0.3 is 0 Å². The molecule has 1 heterocycles. The van der Waals surface area contributed by atoms with E-state index >= 15 is 0 Å². The quantitative estimate of drug-likeness (QED) is 0.407. The normalized spacial score (nSPS) is 12.4. The number of fused-ring (bicyclic) bond motifs is 3. The van der Waals surface area contributed by atoms with Crippen LogP contribution in [0.5, 0.6) is 11.5 Å². The third-order valence-corrected chi connectivity index (χ3v) is 2.43.